The molecule has 0 bridgehead atoms. The van der Waals surface area contributed by atoms with Crippen LogP contribution < -0.4 is 10.2 Å². The Hall–Kier alpha value is -2.96. The van der Waals surface area contributed by atoms with Gasteiger partial charge in [-0.3, -0.25) is 4.79 Å². The van der Waals surface area contributed by atoms with E-state index in [-0.39, 0.29) is 12.5 Å². The fourth-order valence-electron chi connectivity index (χ4n) is 3.33. The highest BCUT2D eigenvalue weighted by Gasteiger charge is 2.31. The summed E-state index contributed by atoms with van der Waals surface area (Å²) >= 11 is 0. The van der Waals surface area contributed by atoms with Crippen molar-refractivity contribution < 1.29 is 14.3 Å². The minimum absolute atomic E-state index is 0.314. The molecule has 1 N–H and O–H groups in total. The third-order valence-corrected chi connectivity index (χ3v) is 4.43. The van der Waals surface area contributed by atoms with Crippen molar-refractivity contribution in [2.24, 2.45) is 0 Å². The van der Waals surface area contributed by atoms with Crippen molar-refractivity contribution in [1.82, 2.24) is 9.97 Å². The molecule has 1 amide bonds. The first-order chi connectivity index (χ1) is 13.0. The molecule has 2 aromatic rings. The number of aryl methyl sites for hydroxylation is 2. The average Bonchev–Trinajstić information content (AvgIpc) is 2.66. The summed E-state index contributed by atoms with van der Waals surface area (Å²) < 4.78 is 5.28. The predicted molar refractivity (Wildman–Crippen MR) is 103 cm³/mol. The Balaban J connectivity index is 1.58. The predicted octanol–water partition coefficient (Wildman–Crippen LogP) is 2.63. The molecule has 7 heteroatoms. The fraction of sp³-hybridized carbons (Fsp3) is 0.400. The fourth-order valence-corrected chi connectivity index (χ4v) is 3.33. The van der Waals surface area contributed by atoms with Crippen molar-refractivity contribution in [2.45, 2.75) is 39.2 Å². The molecule has 1 aliphatic rings. The number of piperidine rings is 1. The Morgan fingerprint density at radius 1 is 1.15 bits per heavy atom. The lowest BCUT2D eigenvalue weighted by atomic mass is 10.0. The zero-order valence-corrected chi connectivity index (χ0v) is 15.6. The summed E-state index contributed by atoms with van der Waals surface area (Å²) in [7, 11) is 0. The van der Waals surface area contributed by atoms with Crippen LogP contribution in [0, 0.1) is 13.8 Å². The lowest BCUT2D eigenvalue weighted by Gasteiger charge is -2.33. The SMILES string of the molecule is Cc1cc(C)cc(NC(=O)COC(=O)C2CCCCN2c2ncccn2)c1. The molecule has 2 heterocycles. The molecular formula is C20H24N4O3. The summed E-state index contributed by atoms with van der Waals surface area (Å²) in [6.07, 6.45) is 5.86. The van der Waals surface area contributed by atoms with Crippen LogP contribution >= 0.6 is 0 Å². The molecule has 1 aromatic carbocycles. The molecule has 0 spiro atoms. The molecule has 1 atom stereocenters. The monoisotopic (exact) mass is 368 g/mol. The summed E-state index contributed by atoms with van der Waals surface area (Å²) in [6, 6.07) is 7.05. The van der Waals surface area contributed by atoms with Crippen LogP contribution in [0.2, 0.25) is 0 Å². The van der Waals surface area contributed by atoms with Gasteiger partial charge in [0.15, 0.2) is 6.61 Å². The summed E-state index contributed by atoms with van der Waals surface area (Å²) in [5.41, 5.74) is 2.82. The number of carbonyl (C=O) groups is 2. The minimum atomic E-state index is -0.463. The maximum absolute atomic E-state index is 12.5. The lowest BCUT2D eigenvalue weighted by molar-refractivity contribution is -0.149. The zero-order valence-electron chi connectivity index (χ0n) is 15.6. The van der Waals surface area contributed by atoms with Gasteiger partial charge in [-0.05, 0) is 62.4 Å². The quantitative estimate of drug-likeness (QED) is 0.817. The number of amides is 1. The van der Waals surface area contributed by atoms with Crippen molar-refractivity contribution in [3.63, 3.8) is 0 Å². The largest absolute Gasteiger partial charge is 0.454 e. The molecule has 0 aliphatic carbocycles. The third kappa shape index (κ3) is 5.03. The van der Waals surface area contributed by atoms with Crippen LogP contribution in [0.25, 0.3) is 0 Å². The van der Waals surface area contributed by atoms with Gasteiger partial charge in [0, 0.05) is 24.6 Å². The molecule has 1 aliphatic heterocycles. The minimum Gasteiger partial charge on any atom is -0.454 e. The Morgan fingerprint density at radius 2 is 1.85 bits per heavy atom. The number of rotatable bonds is 5. The number of nitrogens with one attached hydrogen (secondary N) is 1. The third-order valence-electron chi connectivity index (χ3n) is 4.43. The van der Waals surface area contributed by atoms with E-state index in [1.165, 1.54) is 0 Å². The lowest BCUT2D eigenvalue weighted by Crippen LogP contribution is -2.47. The van der Waals surface area contributed by atoms with Crippen LogP contribution in [0.1, 0.15) is 30.4 Å². The van der Waals surface area contributed by atoms with E-state index in [0.29, 0.717) is 24.6 Å². The van der Waals surface area contributed by atoms with Crippen molar-refractivity contribution in [1.29, 1.82) is 0 Å². The van der Waals surface area contributed by atoms with Crippen LogP contribution in [-0.2, 0) is 14.3 Å². The topological polar surface area (TPSA) is 84.4 Å². The molecule has 7 nitrogen and oxygen atoms in total. The number of nitrogens with zero attached hydrogens (tertiary/aromatic N) is 3. The van der Waals surface area contributed by atoms with Crippen molar-refractivity contribution in [2.75, 3.05) is 23.4 Å². The molecule has 1 aromatic heterocycles. The Kier molecular flexibility index (Phi) is 6.01. The summed E-state index contributed by atoms with van der Waals surface area (Å²) in [4.78, 5) is 35.0. The van der Waals surface area contributed by atoms with Gasteiger partial charge in [-0.15, -0.1) is 0 Å². The van der Waals surface area contributed by atoms with Gasteiger partial charge in [0.25, 0.3) is 5.91 Å². The molecule has 27 heavy (non-hydrogen) atoms. The van der Waals surface area contributed by atoms with Crippen molar-refractivity contribution >= 4 is 23.5 Å². The molecule has 0 saturated carbocycles. The van der Waals surface area contributed by atoms with Gasteiger partial charge in [0.1, 0.15) is 6.04 Å². The molecule has 1 saturated heterocycles. The summed E-state index contributed by atoms with van der Waals surface area (Å²) in [5.74, 6) is -0.261. The van der Waals surface area contributed by atoms with Gasteiger partial charge in [-0.1, -0.05) is 6.07 Å². The van der Waals surface area contributed by atoms with Crippen LogP contribution in [-0.4, -0.2) is 41.0 Å². The standard InChI is InChI=1S/C20H24N4O3/c1-14-10-15(2)12-16(11-14)23-18(25)13-27-19(26)17-6-3-4-9-24(17)20-21-7-5-8-22-20/h5,7-8,10-12,17H,3-4,6,9,13H2,1-2H3,(H,23,25). The number of anilines is 2. The first-order valence-corrected chi connectivity index (χ1v) is 9.11. The van der Waals surface area contributed by atoms with E-state index >= 15 is 0 Å². The highest BCUT2D eigenvalue weighted by Crippen LogP contribution is 2.22. The number of benzene rings is 1. The summed E-state index contributed by atoms with van der Waals surface area (Å²) in [6.45, 7) is 4.31. The second-order valence-electron chi connectivity index (χ2n) is 6.79. The van der Waals surface area contributed by atoms with Gasteiger partial charge in [0.05, 0.1) is 0 Å². The molecule has 1 fully saturated rings. The number of ether oxygens (including phenoxy) is 1. The number of hydrogen-bond donors (Lipinski definition) is 1. The Bertz CT molecular complexity index is 790. The van der Waals surface area contributed by atoms with Gasteiger partial charge in [0.2, 0.25) is 5.95 Å². The molecule has 142 valence electrons. The average molecular weight is 368 g/mol. The van der Waals surface area contributed by atoms with E-state index in [0.717, 1.165) is 24.0 Å². The smallest absolute Gasteiger partial charge is 0.329 e. The van der Waals surface area contributed by atoms with Crippen LogP contribution in [0.5, 0.6) is 0 Å². The molecule has 3 rings (SSSR count). The summed E-state index contributed by atoms with van der Waals surface area (Å²) in [5, 5.41) is 2.77. The normalized spacial score (nSPS) is 16.7. The highest BCUT2D eigenvalue weighted by atomic mass is 16.5. The van der Waals surface area contributed by atoms with Crippen molar-refractivity contribution in [3.8, 4) is 0 Å². The van der Waals surface area contributed by atoms with E-state index in [2.05, 4.69) is 15.3 Å². The van der Waals surface area contributed by atoms with E-state index in [9.17, 15) is 9.59 Å². The van der Waals surface area contributed by atoms with E-state index in [4.69, 9.17) is 4.74 Å². The van der Waals surface area contributed by atoms with Crippen LogP contribution in [0.3, 0.4) is 0 Å². The van der Waals surface area contributed by atoms with Crippen LogP contribution in [0.15, 0.2) is 36.7 Å². The first kappa shape index (κ1) is 18.8. The number of esters is 1. The molecular weight excluding hydrogens is 344 g/mol. The van der Waals surface area contributed by atoms with Gasteiger partial charge in [-0.2, -0.15) is 0 Å². The van der Waals surface area contributed by atoms with Crippen molar-refractivity contribution in [3.05, 3.63) is 47.8 Å². The molecule has 0 radical (unpaired) electrons. The number of aromatic nitrogens is 2. The zero-order chi connectivity index (χ0) is 19.2. The van der Waals surface area contributed by atoms with Crippen LogP contribution in [0.4, 0.5) is 11.6 Å². The van der Waals surface area contributed by atoms with E-state index in [1.54, 1.807) is 18.5 Å². The number of carbonyl (C=O) groups excluding carboxylic acids is 2. The van der Waals surface area contributed by atoms with Gasteiger partial charge < -0.3 is 15.0 Å². The second-order valence-corrected chi connectivity index (χ2v) is 6.79. The maximum Gasteiger partial charge on any atom is 0.329 e. The number of hydrogen-bond acceptors (Lipinski definition) is 6. The second kappa shape index (κ2) is 8.62. The van der Waals surface area contributed by atoms with Gasteiger partial charge in [-0.25, -0.2) is 14.8 Å². The van der Waals surface area contributed by atoms with E-state index in [1.807, 2.05) is 36.9 Å². The first-order valence-electron chi connectivity index (χ1n) is 9.11. The molecule has 1 unspecified atom stereocenters. The Labute approximate surface area is 158 Å². The maximum atomic E-state index is 12.5. The highest BCUT2D eigenvalue weighted by molar-refractivity contribution is 5.93. The van der Waals surface area contributed by atoms with Gasteiger partial charge >= 0.3 is 5.97 Å². The Morgan fingerprint density at radius 3 is 2.56 bits per heavy atom. The van der Waals surface area contributed by atoms with E-state index < -0.39 is 12.0 Å².